The second kappa shape index (κ2) is 4.32. The average Bonchev–Trinajstić information content (AvgIpc) is 2.92. The van der Waals surface area contributed by atoms with E-state index in [9.17, 15) is 0 Å². The Labute approximate surface area is 116 Å². The zero-order valence-electron chi connectivity index (χ0n) is 11.7. The van der Waals surface area contributed by atoms with Crippen LogP contribution in [0.4, 0.5) is 0 Å². The van der Waals surface area contributed by atoms with Crippen LogP contribution in [0.25, 0.3) is 0 Å². The van der Waals surface area contributed by atoms with Gasteiger partial charge in [-0.2, -0.15) is 0 Å². The van der Waals surface area contributed by atoms with E-state index in [0.29, 0.717) is 10.8 Å². The summed E-state index contributed by atoms with van der Waals surface area (Å²) in [5.41, 5.74) is 2.67. The molecule has 2 unspecified atom stereocenters. The van der Waals surface area contributed by atoms with Crippen LogP contribution in [0.1, 0.15) is 31.2 Å². The zero-order valence-corrected chi connectivity index (χ0v) is 11.7. The van der Waals surface area contributed by atoms with Crippen molar-refractivity contribution in [3.8, 4) is 0 Å². The Kier molecular flexibility index (Phi) is 2.71. The first-order valence-electron chi connectivity index (χ1n) is 7.79. The van der Waals surface area contributed by atoms with Gasteiger partial charge in [0.15, 0.2) is 0 Å². The highest BCUT2D eigenvalue weighted by Gasteiger charge is 2.60. The van der Waals surface area contributed by atoms with Crippen molar-refractivity contribution in [2.24, 2.45) is 10.8 Å². The van der Waals surface area contributed by atoms with Crippen molar-refractivity contribution in [2.45, 2.75) is 32.2 Å². The Morgan fingerprint density at radius 1 is 0.947 bits per heavy atom. The van der Waals surface area contributed by atoms with E-state index >= 15 is 0 Å². The van der Waals surface area contributed by atoms with Gasteiger partial charge in [0.25, 0.3) is 0 Å². The third-order valence-corrected chi connectivity index (χ3v) is 5.91. The molecule has 1 saturated carbocycles. The number of likely N-dealkylation sites (tertiary alicyclic amines) is 1. The maximum Gasteiger partial charge on any atom is 0.0234 e. The molecule has 1 aromatic carbocycles. The van der Waals surface area contributed by atoms with Gasteiger partial charge in [-0.25, -0.2) is 0 Å². The third-order valence-electron chi connectivity index (χ3n) is 5.91. The second-order valence-corrected chi connectivity index (χ2v) is 7.00. The number of nitrogens with one attached hydrogen (secondary N) is 1. The highest BCUT2D eigenvalue weighted by atomic mass is 15.2. The molecule has 19 heavy (non-hydrogen) atoms. The molecule has 0 spiro atoms. The van der Waals surface area contributed by atoms with Crippen LogP contribution in [-0.4, -0.2) is 31.1 Å². The summed E-state index contributed by atoms with van der Waals surface area (Å²) in [6, 6.07) is 11.0. The van der Waals surface area contributed by atoms with Crippen molar-refractivity contribution < 1.29 is 0 Å². The van der Waals surface area contributed by atoms with Crippen LogP contribution in [0.2, 0.25) is 0 Å². The fraction of sp³-hybridized carbons (Fsp3) is 0.647. The molecule has 2 nitrogen and oxygen atoms in total. The normalized spacial score (nSPS) is 38.1. The van der Waals surface area contributed by atoms with Crippen LogP contribution in [0.15, 0.2) is 30.3 Å². The summed E-state index contributed by atoms with van der Waals surface area (Å²) in [6.07, 6.45) is 5.79. The van der Waals surface area contributed by atoms with Crippen molar-refractivity contribution in [1.82, 2.24) is 10.2 Å². The molecule has 2 atom stereocenters. The summed E-state index contributed by atoms with van der Waals surface area (Å²) in [5, 5.41) is 3.71. The van der Waals surface area contributed by atoms with Gasteiger partial charge >= 0.3 is 0 Å². The average molecular weight is 256 g/mol. The van der Waals surface area contributed by atoms with Gasteiger partial charge in [0.2, 0.25) is 0 Å². The molecule has 3 aliphatic rings. The minimum Gasteiger partial charge on any atom is -0.315 e. The smallest absolute Gasteiger partial charge is 0.0234 e. The van der Waals surface area contributed by atoms with Gasteiger partial charge in [-0.3, -0.25) is 4.90 Å². The van der Waals surface area contributed by atoms with Crippen molar-refractivity contribution in [1.29, 1.82) is 0 Å². The Morgan fingerprint density at radius 2 is 1.58 bits per heavy atom. The monoisotopic (exact) mass is 256 g/mol. The molecule has 2 heterocycles. The molecule has 1 aromatic rings. The quantitative estimate of drug-likeness (QED) is 0.875. The SMILES string of the molecule is c1ccc(CN2CC34CCCCC3(CNC4)C2)cc1. The molecule has 2 aliphatic heterocycles. The van der Waals surface area contributed by atoms with E-state index in [2.05, 4.69) is 40.5 Å². The standard InChI is InChI=1S/C17H24N2/c1-2-6-15(7-3-1)10-19-13-16-8-4-5-9-17(16,14-19)12-18-11-16/h1-3,6-7,18H,4-5,8-14H2. The van der Waals surface area contributed by atoms with Gasteiger partial charge in [-0.15, -0.1) is 0 Å². The Morgan fingerprint density at radius 3 is 2.21 bits per heavy atom. The van der Waals surface area contributed by atoms with Gasteiger partial charge in [-0.1, -0.05) is 43.2 Å². The van der Waals surface area contributed by atoms with Crippen LogP contribution in [-0.2, 0) is 6.54 Å². The van der Waals surface area contributed by atoms with Crippen molar-refractivity contribution in [2.75, 3.05) is 26.2 Å². The largest absolute Gasteiger partial charge is 0.315 e. The van der Waals surface area contributed by atoms with Crippen LogP contribution < -0.4 is 5.32 Å². The number of hydrogen-bond donors (Lipinski definition) is 1. The van der Waals surface area contributed by atoms with E-state index in [0.717, 1.165) is 6.54 Å². The predicted octanol–water partition coefficient (Wildman–Crippen LogP) is 2.65. The van der Waals surface area contributed by atoms with E-state index in [1.807, 2.05) is 0 Å². The van der Waals surface area contributed by atoms with E-state index in [-0.39, 0.29) is 0 Å². The van der Waals surface area contributed by atoms with E-state index in [1.54, 1.807) is 0 Å². The molecule has 2 saturated heterocycles. The predicted molar refractivity (Wildman–Crippen MR) is 77.9 cm³/mol. The molecule has 0 radical (unpaired) electrons. The number of benzene rings is 1. The van der Waals surface area contributed by atoms with Crippen LogP contribution in [0.5, 0.6) is 0 Å². The first-order chi connectivity index (χ1) is 9.32. The number of nitrogens with zero attached hydrogens (tertiary/aromatic N) is 1. The summed E-state index contributed by atoms with van der Waals surface area (Å²) in [5.74, 6) is 0. The van der Waals surface area contributed by atoms with Gasteiger partial charge in [0, 0.05) is 43.6 Å². The van der Waals surface area contributed by atoms with Gasteiger partial charge < -0.3 is 5.32 Å². The molecule has 0 bridgehead atoms. The lowest BCUT2D eigenvalue weighted by atomic mass is 9.60. The van der Waals surface area contributed by atoms with E-state index in [4.69, 9.17) is 0 Å². The number of rotatable bonds is 2. The zero-order chi connectivity index (χ0) is 12.8. The molecular formula is C17H24N2. The second-order valence-electron chi connectivity index (χ2n) is 7.00. The molecule has 3 fully saturated rings. The lowest BCUT2D eigenvalue weighted by molar-refractivity contribution is 0.0945. The minimum atomic E-state index is 0.597. The fourth-order valence-corrected chi connectivity index (χ4v) is 5.02. The summed E-state index contributed by atoms with van der Waals surface area (Å²) in [7, 11) is 0. The first-order valence-corrected chi connectivity index (χ1v) is 7.79. The van der Waals surface area contributed by atoms with Crippen molar-refractivity contribution in [3.63, 3.8) is 0 Å². The van der Waals surface area contributed by atoms with Crippen molar-refractivity contribution >= 4 is 0 Å². The molecule has 0 aromatic heterocycles. The van der Waals surface area contributed by atoms with Crippen LogP contribution in [0, 0.1) is 10.8 Å². The van der Waals surface area contributed by atoms with Gasteiger partial charge in [0.05, 0.1) is 0 Å². The Balaban J connectivity index is 1.56. The number of hydrogen-bond acceptors (Lipinski definition) is 2. The maximum absolute atomic E-state index is 3.71. The highest BCUT2D eigenvalue weighted by Crippen LogP contribution is 2.57. The summed E-state index contributed by atoms with van der Waals surface area (Å²) >= 11 is 0. The maximum atomic E-state index is 3.71. The van der Waals surface area contributed by atoms with Crippen LogP contribution >= 0.6 is 0 Å². The molecule has 1 aliphatic carbocycles. The molecule has 2 heteroatoms. The van der Waals surface area contributed by atoms with Gasteiger partial charge in [0.1, 0.15) is 0 Å². The van der Waals surface area contributed by atoms with E-state index in [1.165, 1.54) is 57.4 Å². The topological polar surface area (TPSA) is 15.3 Å². The highest BCUT2D eigenvalue weighted by molar-refractivity contribution is 5.18. The molecule has 0 amide bonds. The van der Waals surface area contributed by atoms with Crippen molar-refractivity contribution in [3.05, 3.63) is 35.9 Å². The molecule has 4 rings (SSSR count). The third kappa shape index (κ3) is 1.77. The van der Waals surface area contributed by atoms with Gasteiger partial charge in [-0.05, 0) is 18.4 Å². The molecule has 1 N–H and O–H groups in total. The Bertz CT molecular complexity index is 436. The summed E-state index contributed by atoms with van der Waals surface area (Å²) < 4.78 is 0. The molecule has 102 valence electrons. The Hall–Kier alpha value is -0.860. The molecular weight excluding hydrogens is 232 g/mol. The van der Waals surface area contributed by atoms with Crippen LogP contribution in [0.3, 0.4) is 0 Å². The summed E-state index contributed by atoms with van der Waals surface area (Å²) in [6.45, 7) is 6.30. The summed E-state index contributed by atoms with van der Waals surface area (Å²) in [4.78, 5) is 2.72. The fourth-order valence-electron chi connectivity index (χ4n) is 5.02. The first kappa shape index (κ1) is 11.9. The lowest BCUT2D eigenvalue weighted by Gasteiger charge is -2.42. The van der Waals surface area contributed by atoms with E-state index < -0.39 is 0 Å². The lowest BCUT2D eigenvalue weighted by Crippen LogP contribution is -2.42. The minimum absolute atomic E-state index is 0.597.